The van der Waals surface area contributed by atoms with Gasteiger partial charge in [-0.15, -0.1) is 0 Å². The molecule has 1 rings (SSSR count). The van der Waals surface area contributed by atoms with Gasteiger partial charge in [0, 0.05) is 13.1 Å². The van der Waals surface area contributed by atoms with E-state index in [4.69, 9.17) is 0 Å². The Balaban J connectivity index is 2.17. The van der Waals surface area contributed by atoms with E-state index in [1.54, 1.807) is 0 Å². The SMILES string of the molecule is CSC#CCN1CCC(F)CC1. The minimum absolute atomic E-state index is 0.574. The fourth-order valence-electron chi connectivity index (χ4n) is 1.28. The first-order valence-corrected chi connectivity index (χ1v) is 5.42. The van der Waals surface area contributed by atoms with Crippen molar-refractivity contribution < 1.29 is 4.39 Å². The average Bonchev–Trinajstić information content (AvgIpc) is 2.09. The molecule has 12 heavy (non-hydrogen) atoms. The normalized spacial score (nSPS) is 20.2. The predicted molar refractivity (Wildman–Crippen MR) is 51.9 cm³/mol. The monoisotopic (exact) mass is 187 g/mol. The second-order valence-corrected chi connectivity index (χ2v) is 3.55. The van der Waals surface area contributed by atoms with E-state index in [1.807, 2.05) is 6.26 Å². The number of thioether (sulfide) groups is 1. The van der Waals surface area contributed by atoms with Crippen molar-refractivity contribution in [2.24, 2.45) is 0 Å². The first-order chi connectivity index (χ1) is 5.83. The van der Waals surface area contributed by atoms with Crippen LogP contribution in [0.3, 0.4) is 0 Å². The number of hydrogen-bond donors (Lipinski definition) is 0. The van der Waals surface area contributed by atoms with E-state index >= 15 is 0 Å². The van der Waals surface area contributed by atoms with Crippen LogP contribution in [0.1, 0.15) is 12.8 Å². The van der Waals surface area contributed by atoms with Crippen molar-refractivity contribution in [2.45, 2.75) is 19.0 Å². The molecule has 1 heterocycles. The van der Waals surface area contributed by atoms with Gasteiger partial charge in [-0.25, -0.2) is 4.39 Å². The molecule has 3 heteroatoms. The van der Waals surface area contributed by atoms with Crippen LogP contribution in [0.4, 0.5) is 4.39 Å². The van der Waals surface area contributed by atoms with E-state index in [1.165, 1.54) is 11.8 Å². The van der Waals surface area contributed by atoms with Crippen LogP contribution in [-0.2, 0) is 0 Å². The van der Waals surface area contributed by atoms with Gasteiger partial charge in [-0.05, 0) is 24.3 Å². The van der Waals surface area contributed by atoms with Gasteiger partial charge in [0.2, 0.25) is 0 Å². The van der Waals surface area contributed by atoms with Crippen LogP contribution in [0.2, 0.25) is 0 Å². The molecule has 0 radical (unpaired) electrons. The fourth-order valence-corrected chi connectivity index (χ4v) is 1.48. The molecule has 0 unspecified atom stereocenters. The molecule has 0 bridgehead atoms. The van der Waals surface area contributed by atoms with Gasteiger partial charge in [0.1, 0.15) is 6.17 Å². The molecular weight excluding hydrogens is 173 g/mol. The standard InChI is InChI=1S/C9H14FNS/c1-12-8-2-5-11-6-3-9(10)4-7-11/h9H,3-7H2,1H3. The first kappa shape index (κ1) is 9.88. The first-order valence-electron chi connectivity index (χ1n) is 4.20. The summed E-state index contributed by atoms with van der Waals surface area (Å²) in [5.74, 6) is 3.04. The molecule has 1 fully saturated rings. The Labute approximate surface area is 77.7 Å². The van der Waals surface area contributed by atoms with Gasteiger partial charge in [-0.2, -0.15) is 0 Å². The van der Waals surface area contributed by atoms with E-state index < -0.39 is 6.17 Å². The molecule has 0 N–H and O–H groups in total. The lowest BCUT2D eigenvalue weighted by molar-refractivity contribution is 0.164. The van der Waals surface area contributed by atoms with Gasteiger partial charge in [0.15, 0.2) is 0 Å². The van der Waals surface area contributed by atoms with Crippen LogP contribution in [0.5, 0.6) is 0 Å². The van der Waals surface area contributed by atoms with Crippen LogP contribution in [-0.4, -0.2) is 37.0 Å². The topological polar surface area (TPSA) is 3.24 Å². The van der Waals surface area contributed by atoms with Gasteiger partial charge in [0.25, 0.3) is 0 Å². The van der Waals surface area contributed by atoms with Gasteiger partial charge in [0.05, 0.1) is 6.54 Å². The Kier molecular flexibility index (Phi) is 4.49. The number of hydrogen-bond acceptors (Lipinski definition) is 2. The maximum absolute atomic E-state index is 12.7. The number of halogens is 1. The molecule has 0 aliphatic carbocycles. The summed E-state index contributed by atoms with van der Waals surface area (Å²) in [7, 11) is 0. The van der Waals surface area contributed by atoms with Crippen molar-refractivity contribution in [2.75, 3.05) is 25.9 Å². The minimum Gasteiger partial charge on any atom is -0.292 e. The smallest absolute Gasteiger partial charge is 0.103 e. The molecule has 1 aliphatic heterocycles. The van der Waals surface area contributed by atoms with E-state index in [9.17, 15) is 4.39 Å². The van der Waals surface area contributed by atoms with Crippen LogP contribution in [0.25, 0.3) is 0 Å². The lowest BCUT2D eigenvalue weighted by Gasteiger charge is -2.26. The van der Waals surface area contributed by atoms with Crippen LogP contribution < -0.4 is 0 Å². The predicted octanol–water partition coefficient (Wildman–Crippen LogP) is 1.74. The number of alkyl halides is 1. The van der Waals surface area contributed by atoms with Gasteiger partial charge in [-0.3, -0.25) is 4.90 Å². The Morgan fingerprint density at radius 3 is 2.75 bits per heavy atom. The molecule has 0 amide bonds. The molecule has 0 atom stereocenters. The molecule has 0 aromatic rings. The van der Waals surface area contributed by atoms with Gasteiger partial charge in [-0.1, -0.05) is 17.7 Å². The number of piperidine rings is 1. The third kappa shape index (κ3) is 3.46. The molecule has 1 aliphatic rings. The van der Waals surface area contributed by atoms with Crippen LogP contribution in [0.15, 0.2) is 0 Å². The zero-order valence-electron chi connectivity index (χ0n) is 7.35. The molecule has 1 saturated heterocycles. The Bertz CT molecular complexity index is 177. The summed E-state index contributed by atoms with van der Waals surface area (Å²) in [4.78, 5) is 2.21. The van der Waals surface area contributed by atoms with Crippen molar-refractivity contribution in [3.8, 4) is 11.2 Å². The third-order valence-electron chi connectivity index (χ3n) is 1.99. The third-order valence-corrected chi connectivity index (χ3v) is 2.34. The second kappa shape index (κ2) is 5.45. The van der Waals surface area contributed by atoms with E-state index in [2.05, 4.69) is 16.1 Å². The number of rotatable bonds is 1. The summed E-state index contributed by atoms with van der Waals surface area (Å²) in [6.07, 6.45) is 2.75. The zero-order valence-corrected chi connectivity index (χ0v) is 8.16. The van der Waals surface area contributed by atoms with Crippen LogP contribution in [0, 0.1) is 11.2 Å². The highest BCUT2D eigenvalue weighted by molar-refractivity contribution is 8.03. The summed E-state index contributed by atoms with van der Waals surface area (Å²) in [5, 5.41) is 2.94. The highest BCUT2D eigenvalue weighted by Crippen LogP contribution is 2.12. The molecule has 1 nitrogen and oxygen atoms in total. The lowest BCUT2D eigenvalue weighted by Crippen LogP contribution is -2.34. The van der Waals surface area contributed by atoms with E-state index in [-0.39, 0.29) is 0 Å². The summed E-state index contributed by atoms with van der Waals surface area (Å²) in [6.45, 7) is 2.53. The van der Waals surface area contributed by atoms with Crippen molar-refractivity contribution in [3.63, 3.8) is 0 Å². The summed E-state index contributed by atoms with van der Waals surface area (Å²) in [5.41, 5.74) is 0. The molecule has 68 valence electrons. The maximum atomic E-state index is 12.7. The van der Waals surface area contributed by atoms with Gasteiger partial charge < -0.3 is 0 Å². The maximum Gasteiger partial charge on any atom is 0.103 e. The largest absolute Gasteiger partial charge is 0.292 e. The minimum atomic E-state index is -0.574. The van der Waals surface area contributed by atoms with E-state index in [0.29, 0.717) is 12.8 Å². The number of nitrogens with zero attached hydrogens (tertiary/aromatic N) is 1. The molecule has 0 aromatic carbocycles. The van der Waals surface area contributed by atoms with Crippen molar-refractivity contribution in [3.05, 3.63) is 0 Å². The zero-order chi connectivity index (χ0) is 8.81. The van der Waals surface area contributed by atoms with Crippen molar-refractivity contribution in [1.29, 1.82) is 0 Å². The summed E-state index contributed by atoms with van der Waals surface area (Å²) >= 11 is 1.53. The molecular formula is C9H14FNS. The van der Waals surface area contributed by atoms with Crippen LogP contribution >= 0.6 is 11.8 Å². The Morgan fingerprint density at radius 1 is 1.50 bits per heavy atom. The molecule has 0 spiro atoms. The molecule has 0 saturated carbocycles. The van der Waals surface area contributed by atoms with Gasteiger partial charge >= 0.3 is 0 Å². The average molecular weight is 187 g/mol. The summed E-state index contributed by atoms with van der Waals surface area (Å²) < 4.78 is 12.7. The lowest BCUT2D eigenvalue weighted by atomic mass is 10.1. The Hall–Kier alpha value is -0.200. The highest BCUT2D eigenvalue weighted by atomic mass is 32.2. The Morgan fingerprint density at radius 2 is 2.17 bits per heavy atom. The number of likely N-dealkylation sites (tertiary alicyclic amines) is 1. The van der Waals surface area contributed by atoms with Crippen molar-refractivity contribution in [1.82, 2.24) is 4.90 Å². The van der Waals surface area contributed by atoms with E-state index in [0.717, 1.165) is 19.6 Å². The van der Waals surface area contributed by atoms with Crippen molar-refractivity contribution >= 4 is 11.8 Å². The molecule has 0 aromatic heterocycles. The fraction of sp³-hybridized carbons (Fsp3) is 0.778. The quantitative estimate of drug-likeness (QED) is 0.575. The summed E-state index contributed by atoms with van der Waals surface area (Å²) in [6, 6.07) is 0. The second-order valence-electron chi connectivity index (χ2n) is 2.93. The highest BCUT2D eigenvalue weighted by Gasteiger charge is 2.16.